The molecule has 1 saturated carbocycles. The van der Waals surface area contributed by atoms with E-state index in [9.17, 15) is 35.2 Å². The van der Waals surface area contributed by atoms with Gasteiger partial charge in [-0.05, 0) is 52.4 Å². The highest BCUT2D eigenvalue weighted by molar-refractivity contribution is 7.91. The molecule has 9 nitrogen and oxygen atoms in total. The largest absolute Gasteiger partial charge is 0.434 e. The Bertz CT molecular complexity index is 1330. The van der Waals surface area contributed by atoms with Crippen LogP contribution in [0.1, 0.15) is 56.9 Å². The SMILES string of the molecule is CCn1nc(C(=O)NCC2CCC(S(C)(=O)=O)CC2)c(Cl)c1-c1cnc(NC(C)(C)C(F)(F)F)cc1OC(F)F. The predicted octanol–water partition coefficient (Wildman–Crippen LogP) is 5.31. The van der Waals surface area contributed by atoms with Gasteiger partial charge in [-0.2, -0.15) is 27.1 Å². The lowest BCUT2D eigenvalue weighted by Crippen LogP contribution is -2.46. The van der Waals surface area contributed by atoms with E-state index in [1.807, 2.05) is 0 Å². The number of hydrogen-bond donors (Lipinski definition) is 2. The van der Waals surface area contributed by atoms with Crippen LogP contribution in [0.2, 0.25) is 5.02 Å². The van der Waals surface area contributed by atoms with E-state index >= 15 is 0 Å². The third kappa shape index (κ3) is 7.33. The molecule has 0 unspecified atom stereocenters. The Morgan fingerprint density at radius 3 is 2.38 bits per heavy atom. The molecule has 0 atom stereocenters. The molecule has 2 N–H and O–H groups in total. The summed E-state index contributed by atoms with van der Waals surface area (Å²) in [5.74, 6) is -1.46. The molecule has 3 rings (SSSR count). The Morgan fingerprint density at radius 1 is 1.23 bits per heavy atom. The monoisotopic (exact) mass is 615 g/mol. The lowest BCUT2D eigenvalue weighted by atomic mass is 9.89. The summed E-state index contributed by atoms with van der Waals surface area (Å²) in [6.07, 6.45) is -0.207. The number of ether oxygens (including phenoxy) is 1. The zero-order valence-corrected chi connectivity index (χ0v) is 23.9. The Labute approximate surface area is 233 Å². The molecule has 2 aromatic heterocycles. The highest BCUT2D eigenvalue weighted by atomic mass is 35.5. The minimum Gasteiger partial charge on any atom is -0.434 e. The van der Waals surface area contributed by atoms with Crippen LogP contribution in [0.25, 0.3) is 11.3 Å². The van der Waals surface area contributed by atoms with Crippen molar-refractivity contribution in [3.05, 3.63) is 23.0 Å². The molecule has 16 heteroatoms. The van der Waals surface area contributed by atoms with E-state index in [0.717, 1.165) is 26.1 Å². The lowest BCUT2D eigenvalue weighted by Gasteiger charge is -2.29. The number of rotatable bonds is 10. The number of anilines is 1. The Hall–Kier alpha value is -2.68. The van der Waals surface area contributed by atoms with Crippen LogP contribution in [0.3, 0.4) is 0 Å². The van der Waals surface area contributed by atoms with Gasteiger partial charge in [0, 0.05) is 31.6 Å². The molecule has 0 aliphatic heterocycles. The van der Waals surface area contributed by atoms with E-state index in [-0.39, 0.29) is 46.8 Å². The van der Waals surface area contributed by atoms with E-state index < -0.39 is 45.1 Å². The molecule has 224 valence electrons. The molecule has 0 aromatic carbocycles. The molecule has 0 radical (unpaired) electrons. The predicted molar refractivity (Wildman–Crippen MR) is 139 cm³/mol. The van der Waals surface area contributed by atoms with Crippen LogP contribution in [0, 0.1) is 5.92 Å². The number of hydrogen-bond acceptors (Lipinski definition) is 7. The summed E-state index contributed by atoms with van der Waals surface area (Å²) in [4.78, 5) is 16.9. The van der Waals surface area contributed by atoms with Gasteiger partial charge in [-0.25, -0.2) is 13.4 Å². The van der Waals surface area contributed by atoms with Crippen molar-refractivity contribution in [2.24, 2.45) is 5.92 Å². The van der Waals surface area contributed by atoms with Gasteiger partial charge >= 0.3 is 12.8 Å². The van der Waals surface area contributed by atoms with Gasteiger partial charge in [0.15, 0.2) is 5.69 Å². The summed E-state index contributed by atoms with van der Waals surface area (Å²) < 4.78 is 95.9. The molecule has 0 saturated heterocycles. The van der Waals surface area contributed by atoms with Crippen molar-refractivity contribution in [3.8, 4) is 17.0 Å². The summed E-state index contributed by atoms with van der Waals surface area (Å²) in [5.41, 5.74) is -2.70. The van der Waals surface area contributed by atoms with Gasteiger partial charge in [0.2, 0.25) is 0 Å². The Balaban J connectivity index is 1.86. The van der Waals surface area contributed by atoms with Crippen LogP contribution in [-0.4, -0.2) is 65.5 Å². The first-order valence-corrected chi connectivity index (χ1v) is 14.8. The summed E-state index contributed by atoms with van der Waals surface area (Å²) in [5, 5.41) is 8.53. The smallest absolute Gasteiger partial charge is 0.410 e. The fourth-order valence-corrected chi connectivity index (χ4v) is 5.88. The fourth-order valence-electron chi connectivity index (χ4n) is 4.42. The van der Waals surface area contributed by atoms with Gasteiger partial charge in [0.1, 0.15) is 26.9 Å². The van der Waals surface area contributed by atoms with Gasteiger partial charge < -0.3 is 15.4 Å². The average Bonchev–Trinajstić information content (AvgIpc) is 3.17. The summed E-state index contributed by atoms with van der Waals surface area (Å²) in [7, 11) is -3.12. The number of amides is 1. The van der Waals surface area contributed by atoms with Gasteiger partial charge in [-0.1, -0.05) is 11.6 Å². The van der Waals surface area contributed by atoms with Gasteiger partial charge in [0.05, 0.1) is 21.5 Å². The number of halogens is 6. The van der Waals surface area contributed by atoms with Crippen LogP contribution in [-0.2, 0) is 16.4 Å². The first-order valence-electron chi connectivity index (χ1n) is 12.5. The maximum Gasteiger partial charge on any atom is 0.410 e. The molecule has 1 amide bonds. The normalized spacial score (nSPS) is 18.6. The number of aromatic nitrogens is 3. The Morgan fingerprint density at radius 2 is 1.85 bits per heavy atom. The first-order chi connectivity index (χ1) is 18.4. The van der Waals surface area contributed by atoms with E-state index in [2.05, 4.69) is 25.5 Å². The topological polar surface area (TPSA) is 115 Å². The van der Waals surface area contributed by atoms with Crippen LogP contribution < -0.4 is 15.4 Å². The fraction of sp³-hybridized carbons (Fsp3) is 0.625. The van der Waals surface area contributed by atoms with Crippen molar-refractivity contribution in [3.63, 3.8) is 0 Å². The van der Waals surface area contributed by atoms with Gasteiger partial charge in [-0.3, -0.25) is 9.48 Å². The lowest BCUT2D eigenvalue weighted by molar-refractivity contribution is -0.168. The number of carbonyl (C=O) groups excluding carboxylic acids is 1. The van der Waals surface area contributed by atoms with Crippen molar-refractivity contribution in [1.82, 2.24) is 20.1 Å². The summed E-state index contributed by atoms with van der Waals surface area (Å²) in [6, 6.07) is 0.894. The summed E-state index contributed by atoms with van der Waals surface area (Å²) in [6.45, 7) is 0.492. The molecule has 0 bridgehead atoms. The Kier molecular flexibility index (Phi) is 9.59. The maximum atomic E-state index is 13.3. The number of carbonyl (C=O) groups is 1. The van der Waals surface area contributed by atoms with Crippen molar-refractivity contribution in [2.45, 2.75) is 76.6 Å². The third-order valence-electron chi connectivity index (χ3n) is 6.85. The summed E-state index contributed by atoms with van der Waals surface area (Å²) >= 11 is 6.50. The van der Waals surface area contributed by atoms with Gasteiger partial charge in [-0.15, -0.1) is 0 Å². The minimum atomic E-state index is -4.67. The quantitative estimate of drug-likeness (QED) is 0.348. The van der Waals surface area contributed by atoms with Crippen LogP contribution in [0.5, 0.6) is 5.75 Å². The molecular weight excluding hydrogens is 585 g/mol. The number of alkyl halides is 5. The van der Waals surface area contributed by atoms with Crippen LogP contribution in [0.4, 0.5) is 27.8 Å². The van der Waals surface area contributed by atoms with Crippen LogP contribution in [0.15, 0.2) is 12.3 Å². The molecule has 2 aromatic rings. The minimum absolute atomic E-state index is 0.0211. The average molecular weight is 616 g/mol. The van der Waals surface area contributed by atoms with Crippen molar-refractivity contribution in [2.75, 3.05) is 18.1 Å². The number of aryl methyl sites for hydroxylation is 1. The molecular formula is C24H31ClF5N5O4S. The first kappa shape index (κ1) is 31.8. The number of nitrogens with one attached hydrogen (secondary N) is 2. The van der Waals surface area contributed by atoms with E-state index in [1.165, 1.54) is 10.9 Å². The van der Waals surface area contributed by atoms with E-state index in [0.29, 0.717) is 25.7 Å². The highest BCUT2D eigenvalue weighted by Crippen LogP contribution is 2.40. The third-order valence-corrected chi connectivity index (χ3v) is 8.89. The molecule has 40 heavy (non-hydrogen) atoms. The second kappa shape index (κ2) is 12.0. The van der Waals surface area contributed by atoms with Crippen molar-refractivity contribution in [1.29, 1.82) is 0 Å². The zero-order chi connectivity index (χ0) is 30.0. The molecule has 1 aliphatic carbocycles. The van der Waals surface area contributed by atoms with Crippen molar-refractivity contribution >= 4 is 33.2 Å². The van der Waals surface area contributed by atoms with Gasteiger partial charge in [0.25, 0.3) is 5.91 Å². The maximum absolute atomic E-state index is 13.3. The van der Waals surface area contributed by atoms with Crippen molar-refractivity contribution < 1.29 is 39.9 Å². The zero-order valence-electron chi connectivity index (χ0n) is 22.3. The van der Waals surface area contributed by atoms with E-state index in [1.54, 1.807) is 6.92 Å². The highest BCUT2D eigenvalue weighted by Gasteiger charge is 2.47. The number of pyridine rings is 1. The van der Waals surface area contributed by atoms with E-state index in [4.69, 9.17) is 11.6 Å². The second-order valence-electron chi connectivity index (χ2n) is 10.2. The second-order valence-corrected chi connectivity index (χ2v) is 12.9. The van der Waals surface area contributed by atoms with Crippen LogP contribution >= 0.6 is 11.6 Å². The number of nitrogens with zero attached hydrogens (tertiary/aromatic N) is 3. The molecule has 1 aliphatic rings. The standard InChI is InChI=1S/C24H31ClF5N5O4S/c1-5-35-20(15-12-31-17(10-16(15)39-22(26)27)33-23(2,3)24(28,29)30)18(25)19(34-35)21(36)32-11-13-6-8-14(9-7-13)40(4,37)38/h10,12-14,22H,5-9,11H2,1-4H3,(H,31,33)(H,32,36). The molecule has 1 fully saturated rings. The number of sulfone groups is 1. The molecule has 2 heterocycles. The molecule has 0 spiro atoms.